The van der Waals surface area contributed by atoms with Gasteiger partial charge in [-0.2, -0.15) is 0 Å². The minimum absolute atomic E-state index is 0.346. The van der Waals surface area contributed by atoms with E-state index in [1.165, 1.54) is 22.9 Å². The van der Waals surface area contributed by atoms with Gasteiger partial charge in [0, 0.05) is 13.7 Å². The van der Waals surface area contributed by atoms with Gasteiger partial charge in [0.15, 0.2) is 10.6 Å². The highest BCUT2D eigenvalue weighted by molar-refractivity contribution is 14.1. The fourth-order valence-corrected chi connectivity index (χ4v) is 5.98. The Kier molecular flexibility index (Phi) is 6.23. The van der Waals surface area contributed by atoms with Crippen molar-refractivity contribution in [3.8, 4) is 0 Å². The third-order valence-electron chi connectivity index (χ3n) is 2.27. The van der Waals surface area contributed by atoms with Crippen molar-refractivity contribution in [2.45, 2.75) is 33.3 Å². The highest BCUT2D eigenvalue weighted by Gasteiger charge is 2.29. The number of hydrogen-bond donors (Lipinski definition) is 0. The number of rotatable bonds is 4. The maximum atomic E-state index is 12.5. The van der Waals surface area contributed by atoms with E-state index in [1.54, 1.807) is 34.7 Å². The van der Waals surface area contributed by atoms with Crippen LogP contribution in [-0.2, 0) is 13.8 Å². The van der Waals surface area contributed by atoms with Crippen molar-refractivity contribution in [3.05, 3.63) is 2.88 Å². The molecule has 1 aromatic heterocycles. The SMILES string of the molecule is CCOP(C)(=O)c1nc(N(C)C(=O)OC(C)(C)C)sc1I. The molecule has 0 bridgehead atoms. The molecule has 0 aliphatic carbocycles. The molecule has 0 N–H and O–H groups in total. The minimum Gasteiger partial charge on any atom is -0.443 e. The van der Waals surface area contributed by atoms with E-state index in [2.05, 4.69) is 27.6 Å². The summed E-state index contributed by atoms with van der Waals surface area (Å²) in [5.41, 5.74) is -0.176. The molecule has 6 nitrogen and oxygen atoms in total. The van der Waals surface area contributed by atoms with E-state index in [1.807, 2.05) is 0 Å². The van der Waals surface area contributed by atoms with E-state index in [9.17, 15) is 9.36 Å². The van der Waals surface area contributed by atoms with Crippen molar-refractivity contribution in [1.82, 2.24) is 4.98 Å². The number of carbonyl (C=O) groups excluding carboxylic acids is 1. The van der Waals surface area contributed by atoms with Gasteiger partial charge in [0.1, 0.15) is 8.48 Å². The number of carbonyl (C=O) groups is 1. The van der Waals surface area contributed by atoms with Gasteiger partial charge in [-0.25, -0.2) is 9.78 Å². The van der Waals surface area contributed by atoms with Gasteiger partial charge in [-0.05, 0) is 50.3 Å². The molecule has 0 fully saturated rings. The number of nitrogens with zero attached hydrogens (tertiary/aromatic N) is 2. The van der Waals surface area contributed by atoms with Crippen LogP contribution in [-0.4, -0.2) is 37.0 Å². The normalized spacial score (nSPS) is 14.6. The molecule has 1 atom stereocenters. The van der Waals surface area contributed by atoms with Crippen LogP contribution >= 0.6 is 41.3 Å². The second-order valence-corrected chi connectivity index (χ2v) is 10.6. The molecule has 1 rings (SSSR count). The molecule has 1 unspecified atom stereocenters. The second kappa shape index (κ2) is 6.93. The fraction of sp³-hybridized carbons (Fsp3) is 0.667. The molecule has 1 aromatic rings. The lowest BCUT2D eigenvalue weighted by Crippen LogP contribution is -2.34. The number of ether oxygens (including phenoxy) is 1. The Balaban J connectivity index is 3.01. The Morgan fingerprint density at radius 3 is 2.52 bits per heavy atom. The van der Waals surface area contributed by atoms with Crippen molar-refractivity contribution in [2.24, 2.45) is 0 Å². The summed E-state index contributed by atoms with van der Waals surface area (Å²) < 4.78 is 23.8. The van der Waals surface area contributed by atoms with Crippen LogP contribution in [0.3, 0.4) is 0 Å². The zero-order valence-electron chi connectivity index (χ0n) is 13.0. The maximum Gasteiger partial charge on any atom is 0.416 e. The Morgan fingerprint density at radius 1 is 1.48 bits per heavy atom. The quantitative estimate of drug-likeness (QED) is 0.522. The smallest absolute Gasteiger partial charge is 0.416 e. The van der Waals surface area contributed by atoms with Gasteiger partial charge in [0.25, 0.3) is 0 Å². The summed E-state index contributed by atoms with van der Waals surface area (Å²) in [5.74, 6) is 0. The molecular formula is C12H20IN2O4PS. The first-order valence-corrected chi connectivity index (χ1v) is 10.3. The Hall–Kier alpha value is -0.180. The van der Waals surface area contributed by atoms with Crippen LogP contribution in [0.4, 0.5) is 9.93 Å². The summed E-state index contributed by atoms with van der Waals surface area (Å²) in [6.45, 7) is 9.05. The van der Waals surface area contributed by atoms with E-state index in [0.29, 0.717) is 17.2 Å². The molecule has 0 radical (unpaired) electrons. The number of hydrogen-bond acceptors (Lipinski definition) is 6. The fourth-order valence-electron chi connectivity index (χ4n) is 1.39. The van der Waals surface area contributed by atoms with Crippen molar-refractivity contribution < 1.29 is 18.6 Å². The summed E-state index contributed by atoms with van der Waals surface area (Å²) in [7, 11) is -1.38. The summed E-state index contributed by atoms with van der Waals surface area (Å²) >= 11 is 3.33. The third kappa shape index (κ3) is 5.19. The monoisotopic (exact) mass is 446 g/mol. The van der Waals surface area contributed by atoms with Gasteiger partial charge >= 0.3 is 6.09 Å². The van der Waals surface area contributed by atoms with Gasteiger partial charge in [-0.3, -0.25) is 9.46 Å². The highest BCUT2D eigenvalue weighted by atomic mass is 127. The summed E-state index contributed by atoms with van der Waals surface area (Å²) in [6, 6.07) is 0. The van der Waals surface area contributed by atoms with E-state index in [4.69, 9.17) is 9.26 Å². The lowest BCUT2D eigenvalue weighted by molar-refractivity contribution is 0.0589. The van der Waals surface area contributed by atoms with Crippen molar-refractivity contribution >= 4 is 58.0 Å². The van der Waals surface area contributed by atoms with Crippen molar-refractivity contribution in [3.63, 3.8) is 0 Å². The average Bonchev–Trinajstić information content (AvgIpc) is 2.68. The number of thiazole rings is 1. The van der Waals surface area contributed by atoms with Gasteiger partial charge in [0.05, 0.1) is 6.61 Å². The molecule has 0 spiro atoms. The van der Waals surface area contributed by atoms with Gasteiger partial charge in [-0.1, -0.05) is 11.3 Å². The molecule has 1 amide bonds. The topological polar surface area (TPSA) is 68.7 Å². The molecule has 0 saturated carbocycles. The molecule has 1 heterocycles. The molecule has 0 aliphatic rings. The lowest BCUT2D eigenvalue weighted by atomic mass is 10.2. The molecule has 0 aromatic carbocycles. The first-order valence-electron chi connectivity index (χ1n) is 6.33. The Morgan fingerprint density at radius 2 is 2.05 bits per heavy atom. The zero-order chi connectivity index (χ0) is 16.4. The third-order valence-corrected chi connectivity index (χ3v) is 6.79. The zero-order valence-corrected chi connectivity index (χ0v) is 16.8. The summed E-state index contributed by atoms with van der Waals surface area (Å²) in [4.78, 5) is 17.6. The predicted octanol–water partition coefficient (Wildman–Crippen LogP) is 3.69. The highest BCUT2D eigenvalue weighted by Crippen LogP contribution is 2.44. The van der Waals surface area contributed by atoms with Gasteiger partial charge < -0.3 is 9.26 Å². The van der Waals surface area contributed by atoms with E-state index < -0.39 is 19.1 Å². The molecule has 0 aliphatic heterocycles. The second-order valence-electron chi connectivity index (χ2n) is 5.40. The number of anilines is 1. The molecule has 120 valence electrons. The van der Waals surface area contributed by atoms with Crippen molar-refractivity contribution in [1.29, 1.82) is 0 Å². The summed E-state index contributed by atoms with van der Waals surface area (Å²) in [6.07, 6.45) is -0.499. The molecule has 0 saturated heterocycles. The predicted molar refractivity (Wildman–Crippen MR) is 94.3 cm³/mol. The van der Waals surface area contributed by atoms with Crippen LogP contribution in [0, 0.1) is 2.88 Å². The minimum atomic E-state index is -2.96. The average molecular weight is 446 g/mol. The standard InChI is InChI=1S/C12H20IN2O4PS/c1-7-18-20(6,17)9-8(13)21-10(14-9)15(5)11(16)19-12(2,3)4/h7H2,1-6H3. The van der Waals surface area contributed by atoms with Gasteiger partial charge in [-0.15, -0.1) is 0 Å². The van der Waals surface area contributed by atoms with Crippen LogP contribution in [0.1, 0.15) is 27.7 Å². The number of amides is 1. The van der Waals surface area contributed by atoms with Crippen LogP contribution in [0.25, 0.3) is 0 Å². The molecular weight excluding hydrogens is 426 g/mol. The Labute approximate surface area is 142 Å². The maximum absolute atomic E-state index is 12.5. The van der Waals surface area contributed by atoms with Crippen LogP contribution < -0.4 is 10.3 Å². The van der Waals surface area contributed by atoms with Crippen LogP contribution in [0.5, 0.6) is 0 Å². The first-order chi connectivity index (χ1) is 9.48. The molecule has 9 heteroatoms. The van der Waals surface area contributed by atoms with E-state index >= 15 is 0 Å². The first kappa shape index (κ1) is 18.9. The van der Waals surface area contributed by atoms with Gasteiger partial charge in [0.2, 0.25) is 7.37 Å². The van der Waals surface area contributed by atoms with Crippen molar-refractivity contribution in [2.75, 3.05) is 25.2 Å². The van der Waals surface area contributed by atoms with Crippen LogP contribution in [0.2, 0.25) is 0 Å². The summed E-state index contributed by atoms with van der Waals surface area (Å²) in [5, 5.41) is 0.436. The molecule has 21 heavy (non-hydrogen) atoms. The lowest BCUT2D eigenvalue weighted by Gasteiger charge is -2.23. The number of halogens is 1. The van der Waals surface area contributed by atoms with E-state index in [0.717, 1.165) is 2.88 Å². The van der Waals surface area contributed by atoms with E-state index in [-0.39, 0.29) is 0 Å². The largest absolute Gasteiger partial charge is 0.443 e. The van der Waals surface area contributed by atoms with Crippen LogP contribution in [0.15, 0.2) is 0 Å². The number of aromatic nitrogens is 1. The Bertz CT molecular complexity index is 570.